The molecule has 0 aliphatic heterocycles. The van der Waals surface area contributed by atoms with Crippen LogP contribution in [0.1, 0.15) is 45.6 Å². The predicted octanol–water partition coefficient (Wildman–Crippen LogP) is 6.20. The third-order valence-electron chi connectivity index (χ3n) is 5.07. The van der Waals surface area contributed by atoms with E-state index in [0.717, 1.165) is 6.08 Å². The number of methoxy groups -OCH3 is 1. The molecule has 1 aromatic carbocycles. The lowest BCUT2D eigenvalue weighted by Crippen LogP contribution is -2.46. The average Bonchev–Trinajstić information content (AvgIpc) is 2.72. The smallest absolute Gasteiger partial charge is 0.417 e. The van der Waals surface area contributed by atoms with Gasteiger partial charge in [-0.2, -0.15) is 13.2 Å². The quantitative estimate of drug-likeness (QED) is 0.140. The number of rotatable bonds is 10. The molecule has 0 aliphatic rings. The van der Waals surface area contributed by atoms with Gasteiger partial charge >= 0.3 is 6.18 Å². The van der Waals surface area contributed by atoms with Crippen LogP contribution in [0.25, 0.3) is 0 Å². The maximum Gasteiger partial charge on any atom is 0.417 e. The van der Waals surface area contributed by atoms with Crippen molar-refractivity contribution in [2.45, 2.75) is 58.2 Å². The normalized spacial score (nSPS) is 15.0. The molecule has 33 heavy (non-hydrogen) atoms. The number of aliphatic hydroxyl groups excluding tert-OH is 1. The molecule has 1 rings (SSSR count). The first-order valence-corrected chi connectivity index (χ1v) is 10.2. The van der Waals surface area contributed by atoms with Crippen LogP contribution in [-0.4, -0.2) is 42.4 Å². The van der Waals surface area contributed by atoms with Crippen molar-refractivity contribution in [2.75, 3.05) is 14.2 Å². The highest BCUT2D eigenvalue weighted by Crippen LogP contribution is 2.42. The number of aliphatic hydroxyl groups is 2. The van der Waals surface area contributed by atoms with Gasteiger partial charge in [0.25, 0.3) is 0 Å². The summed E-state index contributed by atoms with van der Waals surface area (Å²) in [6, 6.07) is 4.00. The summed E-state index contributed by atoms with van der Waals surface area (Å²) in [4.78, 5) is 3.76. The van der Waals surface area contributed by atoms with Crippen molar-refractivity contribution in [1.82, 2.24) is 0 Å². The lowest BCUT2D eigenvalue weighted by Gasteiger charge is -2.34. The second-order valence-electron chi connectivity index (χ2n) is 8.31. The molecule has 0 radical (unpaired) electrons. The molecule has 1 aromatic rings. The molecule has 0 amide bonds. The van der Waals surface area contributed by atoms with Crippen molar-refractivity contribution in [2.24, 2.45) is 10.4 Å². The van der Waals surface area contributed by atoms with Crippen molar-refractivity contribution in [3.05, 3.63) is 53.1 Å². The van der Waals surface area contributed by atoms with E-state index in [1.807, 2.05) is 0 Å². The molecule has 2 N–H and O–H groups in total. The Morgan fingerprint density at radius 1 is 1.18 bits per heavy atom. The number of ether oxygens (including phenoxy) is 1. The van der Waals surface area contributed by atoms with Crippen LogP contribution in [-0.2, 0) is 6.42 Å². The van der Waals surface area contributed by atoms with Gasteiger partial charge in [-0.3, -0.25) is 4.99 Å². The molecule has 0 heterocycles. The van der Waals surface area contributed by atoms with E-state index in [2.05, 4.69) is 17.8 Å². The van der Waals surface area contributed by atoms with Gasteiger partial charge in [0, 0.05) is 19.7 Å². The van der Waals surface area contributed by atoms with Crippen molar-refractivity contribution in [3.63, 3.8) is 0 Å². The highest BCUT2D eigenvalue weighted by molar-refractivity contribution is 5.82. The van der Waals surface area contributed by atoms with Gasteiger partial charge in [-0.05, 0) is 67.0 Å². The van der Waals surface area contributed by atoms with E-state index < -0.39 is 41.6 Å². The predicted molar refractivity (Wildman–Crippen MR) is 124 cm³/mol. The van der Waals surface area contributed by atoms with Crippen molar-refractivity contribution in [3.8, 4) is 18.6 Å². The molecule has 0 aliphatic carbocycles. The average molecular weight is 472 g/mol. The summed E-state index contributed by atoms with van der Waals surface area (Å²) in [6.45, 7) is 5.12. The van der Waals surface area contributed by atoms with Crippen molar-refractivity contribution >= 4 is 6.21 Å². The number of allylic oxidation sites excluding steroid dienone is 3. The number of benzene rings is 1. The van der Waals surface area contributed by atoms with Gasteiger partial charge in [0.2, 0.25) is 0 Å². The fraction of sp³-hybridized carbons (Fsp3) is 0.480. The largest absolute Gasteiger partial charge is 0.512 e. The minimum atomic E-state index is -4.95. The zero-order chi connectivity index (χ0) is 25.9. The number of aliphatic imine (C=N–C) groups is 1. The molecule has 1 unspecified atom stereocenters. The van der Waals surface area contributed by atoms with Gasteiger partial charge in [-0.15, -0.1) is 12.8 Å². The molecular weight excluding hydrogens is 438 g/mol. The van der Waals surface area contributed by atoms with Gasteiger partial charge in [-0.25, -0.2) is 4.39 Å². The van der Waals surface area contributed by atoms with Gasteiger partial charge in [0.15, 0.2) is 5.60 Å². The SMILES string of the molecule is C#C.C/C=C(C=NC)/C=C(\O)CC(O)(CCC(C)(C)Cc1cc(F)ccc1OC)C(F)(F)F. The molecule has 0 aromatic heterocycles. The van der Waals surface area contributed by atoms with E-state index in [1.165, 1.54) is 38.6 Å². The zero-order valence-corrected chi connectivity index (χ0v) is 19.7. The van der Waals surface area contributed by atoms with E-state index in [1.54, 1.807) is 26.8 Å². The van der Waals surface area contributed by atoms with Crippen LogP contribution < -0.4 is 4.74 Å². The summed E-state index contributed by atoms with van der Waals surface area (Å²) in [7, 11) is 2.93. The summed E-state index contributed by atoms with van der Waals surface area (Å²) in [5, 5.41) is 20.5. The maximum absolute atomic E-state index is 13.7. The number of halogens is 4. The number of hydrogen-bond acceptors (Lipinski definition) is 4. The highest BCUT2D eigenvalue weighted by Gasteiger charge is 2.54. The number of hydrogen-bond donors (Lipinski definition) is 2. The first-order chi connectivity index (χ1) is 15.3. The van der Waals surface area contributed by atoms with Crippen molar-refractivity contribution in [1.29, 1.82) is 0 Å². The fourth-order valence-corrected chi connectivity index (χ4v) is 3.25. The van der Waals surface area contributed by atoms with Crippen LogP contribution in [0.3, 0.4) is 0 Å². The monoisotopic (exact) mass is 471 g/mol. The van der Waals surface area contributed by atoms with Crippen LogP contribution in [0, 0.1) is 24.1 Å². The fourth-order valence-electron chi connectivity index (χ4n) is 3.25. The second kappa shape index (κ2) is 13.0. The molecule has 0 saturated carbocycles. The van der Waals surface area contributed by atoms with E-state index in [9.17, 15) is 27.8 Å². The van der Waals surface area contributed by atoms with Crippen LogP contribution in [0.2, 0.25) is 0 Å². The topological polar surface area (TPSA) is 62.1 Å². The Kier molecular flexibility index (Phi) is 11.9. The Hall–Kier alpha value is -2.79. The molecule has 0 spiro atoms. The Balaban J connectivity index is 0.00000497. The standard InChI is InChI=1S/C23H31F4NO3.C2H2/c1-6-16(15-28-4)11-19(29)14-22(30,23(25,26)27)10-9-21(2,3)13-17-12-18(24)7-8-20(17)31-5;1-2/h6-8,11-12,15,29-30H,9-10,13-14H2,1-5H3;1-2H/b16-6-,19-11-,28-15?;. The minimum absolute atomic E-state index is 0.0250. The molecule has 184 valence electrons. The van der Waals surface area contributed by atoms with Crippen LogP contribution in [0.15, 0.2) is 46.7 Å². The lowest BCUT2D eigenvalue weighted by molar-refractivity contribution is -0.265. The Bertz CT molecular complexity index is 870. The number of alkyl halides is 3. The molecule has 0 saturated heterocycles. The van der Waals surface area contributed by atoms with Gasteiger partial charge in [-0.1, -0.05) is 19.9 Å². The summed E-state index contributed by atoms with van der Waals surface area (Å²) >= 11 is 0. The van der Waals surface area contributed by atoms with E-state index in [0.29, 0.717) is 16.9 Å². The number of terminal acetylenes is 1. The third-order valence-corrected chi connectivity index (χ3v) is 5.07. The summed E-state index contributed by atoms with van der Waals surface area (Å²) in [5.74, 6) is -0.626. The second-order valence-corrected chi connectivity index (χ2v) is 8.31. The molecule has 4 nitrogen and oxygen atoms in total. The van der Waals surface area contributed by atoms with E-state index in [4.69, 9.17) is 4.74 Å². The molecule has 0 fully saturated rings. The summed E-state index contributed by atoms with van der Waals surface area (Å²) in [5.41, 5.74) is -2.87. The first-order valence-electron chi connectivity index (χ1n) is 10.2. The molecule has 1 atom stereocenters. The van der Waals surface area contributed by atoms with Gasteiger partial charge in [0.1, 0.15) is 11.6 Å². The zero-order valence-electron chi connectivity index (χ0n) is 19.7. The van der Waals surface area contributed by atoms with Crippen LogP contribution in [0.4, 0.5) is 17.6 Å². The first kappa shape index (κ1) is 30.2. The van der Waals surface area contributed by atoms with Gasteiger partial charge < -0.3 is 14.9 Å². The Morgan fingerprint density at radius 3 is 2.27 bits per heavy atom. The Labute approximate surface area is 193 Å². The van der Waals surface area contributed by atoms with Gasteiger partial charge in [0.05, 0.1) is 12.9 Å². The number of nitrogens with zero attached hydrogens (tertiary/aromatic N) is 1. The summed E-state index contributed by atoms with van der Waals surface area (Å²) in [6.07, 6.45) is 5.77. The lowest BCUT2D eigenvalue weighted by atomic mass is 9.77. The molecule has 8 heteroatoms. The summed E-state index contributed by atoms with van der Waals surface area (Å²) < 4.78 is 60.0. The van der Waals surface area contributed by atoms with Crippen LogP contribution in [0.5, 0.6) is 5.75 Å². The highest BCUT2D eigenvalue weighted by atomic mass is 19.4. The Morgan fingerprint density at radius 2 is 1.79 bits per heavy atom. The van der Waals surface area contributed by atoms with Crippen LogP contribution >= 0.6 is 0 Å². The van der Waals surface area contributed by atoms with Crippen molar-refractivity contribution < 1.29 is 32.5 Å². The minimum Gasteiger partial charge on any atom is -0.512 e. The van der Waals surface area contributed by atoms with E-state index >= 15 is 0 Å². The maximum atomic E-state index is 13.7. The molecular formula is C25H33F4NO3. The third kappa shape index (κ3) is 9.70. The van der Waals surface area contributed by atoms with E-state index in [-0.39, 0.29) is 12.8 Å². The molecule has 0 bridgehead atoms.